The molecule has 78 valence electrons. The van der Waals surface area contributed by atoms with Crippen molar-refractivity contribution in [2.24, 2.45) is 0 Å². The lowest BCUT2D eigenvalue weighted by Crippen LogP contribution is -2.20. The van der Waals surface area contributed by atoms with Crippen LogP contribution in [0.1, 0.15) is 12.5 Å². The Morgan fingerprint density at radius 1 is 1.47 bits per heavy atom. The van der Waals surface area contributed by atoms with Crippen molar-refractivity contribution in [3.63, 3.8) is 0 Å². The maximum Gasteiger partial charge on any atom is 0.231 e. The number of hydrogen-bond donors (Lipinski definition) is 1. The number of anilines is 2. The summed E-state index contributed by atoms with van der Waals surface area (Å²) in [6, 6.07) is 5.50. The monoisotopic (exact) mass is 204 g/mol. The van der Waals surface area contributed by atoms with Gasteiger partial charge >= 0.3 is 0 Å². The van der Waals surface area contributed by atoms with Crippen LogP contribution in [0.5, 0.6) is 0 Å². The van der Waals surface area contributed by atoms with Gasteiger partial charge in [-0.1, -0.05) is 0 Å². The topological polar surface area (TPSA) is 49.4 Å². The number of benzene rings is 1. The van der Waals surface area contributed by atoms with Crippen molar-refractivity contribution in [3.05, 3.63) is 23.8 Å². The Morgan fingerprint density at radius 2 is 2.20 bits per heavy atom. The van der Waals surface area contributed by atoms with Gasteiger partial charge in [0, 0.05) is 25.3 Å². The molecule has 0 atom stereocenters. The van der Waals surface area contributed by atoms with Gasteiger partial charge in [0.2, 0.25) is 11.8 Å². The summed E-state index contributed by atoms with van der Waals surface area (Å²) in [5.74, 6) is -0.0161. The Labute approximate surface area is 87.9 Å². The summed E-state index contributed by atoms with van der Waals surface area (Å²) >= 11 is 0. The molecule has 4 nitrogen and oxygen atoms in total. The average molecular weight is 204 g/mol. The lowest BCUT2D eigenvalue weighted by molar-refractivity contribution is -0.117. The summed E-state index contributed by atoms with van der Waals surface area (Å²) in [7, 11) is 1.76. The number of carbonyl (C=O) groups excluding carboxylic acids is 2. The van der Waals surface area contributed by atoms with Crippen LogP contribution in [0, 0.1) is 0 Å². The molecule has 0 radical (unpaired) electrons. The zero-order valence-electron chi connectivity index (χ0n) is 8.70. The summed E-state index contributed by atoms with van der Waals surface area (Å²) in [4.78, 5) is 23.9. The first kappa shape index (κ1) is 9.71. The van der Waals surface area contributed by atoms with E-state index in [9.17, 15) is 9.59 Å². The summed E-state index contributed by atoms with van der Waals surface area (Å²) in [6.45, 7) is 1.46. The highest BCUT2D eigenvalue weighted by atomic mass is 16.2. The minimum absolute atomic E-state index is 0.0879. The van der Waals surface area contributed by atoms with E-state index >= 15 is 0 Å². The van der Waals surface area contributed by atoms with Crippen molar-refractivity contribution in [3.8, 4) is 0 Å². The smallest absolute Gasteiger partial charge is 0.231 e. The number of nitrogens with one attached hydrogen (secondary N) is 1. The fraction of sp³-hybridized carbons (Fsp3) is 0.273. The van der Waals surface area contributed by atoms with Crippen LogP contribution in [0.2, 0.25) is 0 Å². The number of fused-ring (bicyclic) bond motifs is 1. The lowest BCUT2D eigenvalue weighted by Gasteiger charge is -2.10. The molecule has 1 aliphatic rings. The molecule has 0 spiro atoms. The van der Waals surface area contributed by atoms with Crippen LogP contribution in [0.25, 0.3) is 0 Å². The number of amides is 2. The van der Waals surface area contributed by atoms with Gasteiger partial charge < -0.3 is 10.2 Å². The molecule has 1 aromatic carbocycles. The maximum absolute atomic E-state index is 11.4. The molecule has 1 aliphatic heterocycles. The summed E-state index contributed by atoms with van der Waals surface area (Å²) in [5, 5.41) is 2.70. The Morgan fingerprint density at radius 3 is 2.87 bits per heavy atom. The van der Waals surface area contributed by atoms with Gasteiger partial charge in [0.1, 0.15) is 0 Å². The highest BCUT2D eigenvalue weighted by Crippen LogP contribution is 2.29. The molecule has 15 heavy (non-hydrogen) atoms. The van der Waals surface area contributed by atoms with Gasteiger partial charge in [0.25, 0.3) is 0 Å². The minimum atomic E-state index is -0.104. The molecule has 2 rings (SSSR count). The van der Waals surface area contributed by atoms with Crippen LogP contribution in [0.4, 0.5) is 11.4 Å². The van der Waals surface area contributed by atoms with Gasteiger partial charge in [-0.05, 0) is 23.8 Å². The van der Waals surface area contributed by atoms with Crippen LogP contribution in [0.3, 0.4) is 0 Å². The molecule has 0 aliphatic carbocycles. The van der Waals surface area contributed by atoms with E-state index in [1.54, 1.807) is 18.0 Å². The highest BCUT2D eigenvalue weighted by Gasteiger charge is 2.23. The van der Waals surface area contributed by atoms with Crippen LogP contribution < -0.4 is 10.2 Å². The number of carbonyl (C=O) groups is 2. The molecule has 2 amide bonds. The Hall–Kier alpha value is -1.84. The standard InChI is InChI=1S/C11H12N2O2/c1-7(14)12-9-3-4-10-8(5-9)6-11(15)13(10)2/h3-5H,6H2,1-2H3,(H,12,14). The van der Waals surface area contributed by atoms with E-state index in [1.807, 2.05) is 12.1 Å². The number of likely N-dealkylation sites (N-methyl/N-ethyl adjacent to an activating group) is 1. The van der Waals surface area contributed by atoms with Gasteiger partial charge in [0.05, 0.1) is 6.42 Å². The third kappa shape index (κ3) is 1.70. The molecule has 0 saturated heterocycles. The Kier molecular flexibility index (Phi) is 2.19. The SMILES string of the molecule is CC(=O)Nc1ccc2c(c1)CC(=O)N2C. The molecule has 0 aromatic heterocycles. The van der Waals surface area contributed by atoms with E-state index in [0.717, 1.165) is 16.9 Å². The fourth-order valence-corrected chi connectivity index (χ4v) is 1.75. The van der Waals surface area contributed by atoms with Gasteiger partial charge in [-0.15, -0.1) is 0 Å². The summed E-state index contributed by atoms with van der Waals surface area (Å²) < 4.78 is 0. The molecule has 1 aromatic rings. The molecular weight excluding hydrogens is 192 g/mol. The van der Waals surface area contributed by atoms with Gasteiger partial charge in [0.15, 0.2) is 0 Å². The number of rotatable bonds is 1. The largest absolute Gasteiger partial charge is 0.326 e. The van der Waals surface area contributed by atoms with E-state index in [2.05, 4.69) is 5.32 Å². The molecule has 0 bridgehead atoms. The van der Waals surface area contributed by atoms with Crippen LogP contribution in [-0.4, -0.2) is 18.9 Å². The van der Waals surface area contributed by atoms with Crippen LogP contribution >= 0.6 is 0 Å². The molecule has 0 unspecified atom stereocenters. The second kappa shape index (κ2) is 3.38. The highest BCUT2D eigenvalue weighted by molar-refractivity contribution is 6.01. The third-order valence-corrected chi connectivity index (χ3v) is 2.48. The molecule has 4 heteroatoms. The minimum Gasteiger partial charge on any atom is -0.326 e. The van der Waals surface area contributed by atoms with Gasteiger partial charge in [-0.25, -0.2) is 0 Å². The zero-order chi connectivity index (χ0) is 11.0. The Bertz CT molecular complexity index is 440. The number of nitrogens with zero attached hydrogens (tertiary/aromatic N) is 1. The Balaban J connectivity index is 2.33. The third-order valence-electron chi connectivity index (χ3n) is 2.48. The normalized spacial score (nSPS) is 14.0. The molecule has 1 N–H and O–H groups in total. The first-order valence-corrected chi connectivity index (χ1v) is 4.75. The van der Waals surface area contributed by atoms with Gasteiger partial charge in [-0.3, -0.25) is 9.59 Å². The first-order valence-electron chi connectivity index (χ1n) is 4.75. The van der Waals surface area contributed by atoms with E-state index in [-0.39, 0.29) is 11.8 Å². The number of hydrogen-bond acceptors (Lipinski definition) is 2. The summed E-state index contributed by atoms with van der Waals surface area (Å²) in [5.41, 5.74) is 2.63. The maximum atomic E-state index is 11.4. The molecule has 0 saturated carbocycles. The molecule has 0 fully saturated rings. The van der Waals surface area contributed by atoms with E-state index in [0.29, 0.717) is 6.42 Å². The average Bonchev–Trinajstić information content (AvgIpc) is 2.41. The van der Waals surface area contributed by atoms with E-state index in [1.165, 1.54) is 6.92 Å². The second-order valence-electron chi connectivity index (χ2n) is 3.65. The summed E-state index contributed by atoms with van der Waals surface area (Å²) in [6.07, 6.45) is 0.416. The van der Waals surface area contributed by atoms with Crippen molar-refractivity contribution < 1.29 is 9.59 Å². The van der Waals surface area contributed by atoms with Gasteiger partial charge in [-0.2, -0.15) is 0 Å². The molecule has 1 heterocycles. The van der Waals surface area contributed by atoms with Crippen LogP contribution in [-0.2, 0) is 16.0 Å². The van der Waals surface area contributed by atoms with Crippen molar-refractivity contribution in [1.82, 2.24) is 0 Å². The lowest BCUT2D eigenvalue weighted by atomic mass is 10.1. The van der Waals surface area contributed by atoms with Crippen molar-refractivity contribution in [2.75, 3.05) is 17.3 Å². The first-order chi connectivity index (χ1) is 7.08. The van der Waals surface area contributed by atoms with E-state index < -0.39 is 0 Å². The predicted molar refractivity (Wildman–Crippen MR) is 57.9 cm³/mol. The second-order valence-corrected chi connectivity index (χ2v) is 3.65. The van der Waals surface area contributed by atoms with Crippen molar-refractivity contribution in [1.29, 1.82) is 0 Å². The zero-order valence-corrected chi connectivity index (χ0v) is 8.70. The fourth-order valence-electron chi connectivity index (χ4n) is 1.75. The van der Waals surface area contributed by atoms with E-state index in [4.69, 9.17) is 0 Å². The quantitative estimate of drug-likeness (QED) is 0.746. The van der Waals surface area contributed by atoms with Crippen molar-refractivity contribution in [2.45, 2.75) is 13.3 Å². The van der Waals surface area contributed by atoms with Crippen LogP contribution in [0.15, 0.2) is 18.2 Å². The molecular formula is C11H12N2O2. The predicted octanol–water partition coefficient (Wildman–Crippen LogP) is 1.16. The van der Waals surface area contributed by atoms with Crippen molar-refractivity contribution >= 4 is 23.2 Å².